The number of benzene rings is 1. The van der Waals surface area contributed by atoms with Crippen LogP contribution in [0.2, 0.25) is 0 Å². The number of halogens is 1. The lowest BCUT2D eigenvalue weighted by molar-refractivity contribution is -0.122. The molecule has 0 saturated heterocycles. The van der Waals surface area contributed by atoms with Gasteiger partial charge in [-0.3, -0.25) is 19.3 Å². The van der Waals surface area contributed by atoms with Crippen LogP contribution in [0.4, 0.5) is 15.8 Å². The summed E-state index contributed by atoms with van der Waals surface area (Å²) >= 11 is 0.728. The molecule has 1 fully saturated rings. The van der Waals surface area contributed by atoms with Crippen LogP contribution in [0.15, 0.2) is 24.3 Å². The van der Waals surface area contributed by atoms with Crippen molar-refractivity contribution < 1.29 is 18.8 Å². The van der Waals surface area contributed by atoms with E-state index in [1.165, 1.54) is 29.2 Å². The van der Waals surface area contributed by atoms with Crippen molar-refractivity contribution in [1.29, 1.82) is 0 Å². The number of hydrogen-bond donors (Lipinski definition) is 3. The van der Waals surface area contributed by atoms with Crippen molar-refractivity contribution >= 4 is 40.6 Å². The summed E-state index contributed by atoms with van der Waals surface area (Å²) in [6.07, 6.45) is 3.89. The molecule has 0 bridgehead atoms. The molecule has 5 N–H and O–H groups in total. The lowest BCUT2D eigenvalue weighted by Gasteiger charge is -2.29. The van der Waals surface area contributed by atoms with E-state index in [-0.39, 0.29) is 28.2 Å². The fourth-order valence-corrected chi connectivity index (χ4v) is 4.11. The quantitative estimate of drug-likeness (QED) is 0.659. The van der Waals surface area contributed by atoms with Gasteiger partial charge in [0.05, 0.1) is 5.69 Å². The maximum Gasteiger partial charge on any atom is 0.272 e. The second-order valence-electron chi connectivity index (χ2n) is 6.96. The van der Waals surface area contributed by atoms with Gasteiger partial charge in [0.15, 0.2) is 5.69 Å². The number of anilines is 2. The van der Waals surface area contributed by atoms with Gasteiger partial charge in [-0.25, -0.2) is 4.39 Å². The highest BCUT2D eigenvalue weighted by molar-refractivity contribution is 7.09. The van der Waals surface area contributed by atoms with Crippen molar-refractivity contribution in [2.45, 2.75) is 44.7 Å². The van der Waals surface area contributed by atoms with E-state index in [4.69, 9.17) is 11.5 Å². The van der Waals surface area contributed by atoms with Crippen LogP contribution in [0.3, 0.4) is 0 Å². The first-order chi connectivity index (χ1) is 13.8. The first kappa shape index (κ1) is 20.7. The number of aromatic nitrogens is 1. The molecular weight excluding hydrogens is 397 g/mol. The van der Waals surface area contributed by atoms with Gasteiger partial charge in [0.1, 0.15) is 16.7 Å². The number of nitrogens with two attached hydrogens (primary N) is 2. The van der Waals surface area contributed by atoms with E-state index >= 15 is 0 Å². The number of nitrogens with one attached hydrogen (secondary N) is 1. The lowest BCUT2D eigenvalue weighted by Crippen LogP contribution is -2.50. The molecule has 2 aromatic rings. The molecule has 3 amide bonds. The number of rotatable bonds is 6. The van der Waals surface area contributed by atoms with Crippen molar-refractivity contribution in [3.8, 4) is 0 Å². The molecule has 1 atom stereocenters. The Balaban J connectivity index is 1.94. The molecule has 154 valence electrons. The largest absolute Gasteiger partial charge is 0.395 e. The molecule has 1 saturated carbocycles. The predicted molar refractivity (Wildman–Crippen MR) is 108 cm³/mol. The van der Waals surface area contributed by atoms with Crippen LogP contribution < -0.4 is 21.7 Å². The zero-order valence-electron chi connectivity index (χ0n) is 15.9. The predicted octanol–water partition coefficient (Wildman–Crippen LogP) is 2.06. The Morgan fingerprint density at radius 1 is 1.24 bits per heavy atom. The standard InChI is InChI=1S/C19H22FN5O3S/c1-10(18(27)23-12-4-2-3-5-12)25(13-8-6-11(20)7-9-13)19(28)16-14(21)15(17(22)26)24-29-16/h6-10,12H,2-5,21H2,1H3,(H2,22,26)(H,23,27). The molecule has 3 rings (SSSR count). The topological polar surface area (TPSA) is 131 Å². The second kappa shape index (κ2) is 8.56. The summed E-state index contributed by atoms with van der Waals surface area (Å²) in [5.74, 6) is -2.27. The van der Waals surface area contributed by atoms with Crippen LogP contribution in [0.25, 0.3) is 0 Å². The van der Waals surface area contributed by atoms with Gasteiger partial charge in [0.2, 0.25) is 5.91 Å². The van der Waals surface area contributed by atoms with E-state index in [1.807, 2.05) is 0 Å². The number of carbonyl (C=O) groups is 3. The zero-order chi connectivity index (χ0) is 21.1. The normalized spacial score (nSPS) is 15.1. The molecule has 1 unspecified atom stereocenters. The van der Waals surface area contributed by atoms with Gasteiger partial charge >= 0.3 is 0 Å². The van der Waals surface area contributed by atoms with Crippen LogP contribution in [-0.4, -0.2) is 34.2 Å². The van der Waals surface area contributed by atoms with Gasteiger partial charge in [-0.2, -0.15) is 4.37 Å². The van der Waals surface area contributed by atoms with E-state index in [0.717, 1.165) is 37.2 Å². The lowest BCUT2D eigenvalue weighted by atomic mass is 10.1. The highest BCUT2D eigenvalue weighted by atomic mass is 32.1. The van der Waals surface area contributed by atoms with Gasteiger partial charge in [-0.15, -0.1) is 0 Å². The Hall–Kier alpha value is -3.01. The molecule has 10 heteroatoms. The van der Waals surface area contributed by atoms with E-state index in [1.54, 1.807) is 6.92 Å². The number of carbonyl (C=O) groups excluding carboxylic acids is 3. The molecule has 0 spiro atoms. The number of amides is 3. The van der Waals surface area contributed by atoms with Crippen molar-refractivity contribution in [3.63, 3.8) is 0 Å². The number of hydrogen-bond acceptors (Lipinski definition) is 6. The zero-order valence-corrected chi connectivity index (χ0v) is 16.7. The number of nitrogens with zero attached hydrogens (tertiary/aromatic N) is 2. The van der Waals surface area contributed by atoms with Gasteiger partial charge in [-0.05, 0) is 55.6 Å². The molecule has 1 aromatic carbocycles. The van der Waals surface area contributed by atoms with Crippen molar-refractivity contribution in [3.05, 3.63) is 40.7 Å². The van der Waals surface area contributed by atoms with Crippen molar-refractivity contribution in [1.82, 2.24) is 9.69 Å². The summed E-state index contributed by atoms with van der Waals surface area (Å²) < 4.78 is 17.2. The molecule has 29 heavy (non-hydrogen) atoms. The summed E-state index contributed by atoms with van der Waals surface area (Å²) in [6, 6.07) is 4.37. The fraction of sp³-hybridized carbons (Fsp3) is 0.368. The van der Waals surface area contributed by atoms with Crippen LogP contribution >= 0.6 is 11.5 Å². The minimum absolute atomic E-state index is 0.0105. The maximum absolute atomic E-state index is 13.4. The fourth-order valence-electron chi connectivity index (χ4n) is 3.37. The summed E-state index contributed by atoms with van der Waals surface area (Å²) in [5.41, 5.74) is 11.1. The molecule has 1 heterocycles. The van der Waals surface area contributed by atoms with Crippen molar-refractivity contribution in [2.75, 3.05) is 10.6 Å². The Labute approximate surface area is 171 Å². The Morgan fingerprint density at radius 2 is 1.86 bits per heavy atom. The average molecular weight is 419 g/mol. The van der Waals surface area contributed by atoms with E-state index in [0.29, 0.717) is 5.69 Å². The van der Waals surface area contributed by atoms with Crippen LogP contribution in [0, 0.1) is 5.82 Å². The molecule has 0 radical (unpaired) electrons. The molecular formula is C19H22FN5O3S. The number of primary amides is 1. The summed E-state index contributed by atoms with van der Waals surface area (Å²) in [4.78, 5) is 38.7. The first-order valence-corrected chi connectivity index (χ1v) is 10.0. The average Bonchev–Trinajstić information content (AvgIpc) is 3.32. The van der Waals surface area contributed by atoms with Crippen LogP contribution in [0.1, 0.15) is 52.8 Å². The first-order valence-electron chi connectivity index (χ1n) is 9.24. The maximum atomic E-state index is 13.4. The molecule has 8 nitrogen and oxygen atoms in total. The van der Waals surface area contributed by atoms with Gasteiger partial charge in [0, 0.05) is 11.7 Å². The van der Waals surface area contributed by atoms with Crippen molar-refractivity contribution in [2.24, 2.45) is 5.73 Å². The van der Waals surface area contributed by atoms with Crippen LogP contribution in [-0.2, 0) is 4.79 Å². The highest BCUT2D eigenvalue weighted by Crippen LogP contribution is 2.28. The minimum Gasteiger partial charge on any atom is -0.395 e. The highest BCUT2D eigenvalue weighted by Gasteiger charge is 2.33. The Bertz CT molecular complexity index is 924. The molecule has 0 aliphatic heterocycles. The Morgan fingerprint density at radius 3 is 2.41 bits per heavy atom. The van der Waals surface area contributed by atoms with Crippen LogP contribution in [0.5, 0.6) is 0 Å². The number of nitrogen functional groups attached to an aromatic ring is 1. The molecule has 1 aromatic heterocycles. The SMILES string of the molecule is CC(C(=O)NC1CCCC1)N(C(=O)c1snc(C(N)=O)c1N)c1ccc(F)cc1. The van der Waals surface area contributed by atoms with E-state index in [2.05, 4.69) is 9.69 Å². The third-order valence-electron chi connectivity index (χ3n) is 4.95. The Kier molecular flexibility index (Phi) is 6.12. The minimum atomic E-state index is -0.896. The van der Waals surface area contributed by atoms with Gasteiger partial charge < -0.3 is 16.8 Å². The molecule has 1 aliphatic rings. The van der Waals surface area contributed by atoms with E-state index < -0.39 is 23.7 Å². The third kappa shape index (κ3) is 4.37. The third-order valence-corrected chi connectivity index (χ3v) is 5.80. The van der Waals surface area contributed by atoms with E-state index in [9.17, 15) is 18.8 Å². The smallest absolute Gasteiger partial charge is 0.272 e. The summed E-state index contributed by atoms with van der Waals surface area (Å²) in [5, 5.41) is 2.96. The molecule has 1 aliphatic carbocycles. The monoisotopic (exact) mass is 419 g/mol. The van der Waals surface area contributed by atoms with Gasteiger partial charge in [0.25, 0.3) is 11.8 Å². The summed E-state index contributed by atoms with van der Waals surface area (Å²) in [6.45, 7) is 1.58. The summed E-state index contributed by atoms with van der Waals surface area (Å²) in [7, 11) is 0. The second-order valence-corrected chi connectivity index (χ2v) is 7.73. The van der Waals surface area contributed by atoms with Gasteiger partial charge in [-0.1, -0.05) is 12.8 Å².